The molecule has 2 aliphatic heterocycles. The van der Waals surface area contributed by atoms with Crippen molar-refractivity contribution in [1.29, 1.82) is 0 Å². The molecule has 0 aliphatic carbocycles. The van der Waals surface area contributed by atoms with Crippen LogP contribution in [0.4, 0.5) is 0 Å². The second-order valence-corrected chi connectivity index (χ2v) is 4.92. The van der Waals surface area contributed by atoms with Crippen LogP contribution in [0.5, 0.6) is 11.5 Å². The van der Waals surface area contributed by atoms with Crippen molar-refractivity contribution in [3.05, 3.63) is 23.8 Å². The first-order valence-electron chi connectivity index (χ1n) is 6.64. The topological polar surface area (TPSA) is 50.8 Å². The molecule has 6 heteroatoms. The van der Waals surface area contributed by atoms with E-state index in [0.29, 0.717) is 23.1 Å². The largest absolute Gasteiger partial charge is 0.454 e. The predicted octanol–water partition coefficient (Wildman–Crippen LogP) is 1.66. The molecule has 1 amide bonds. The molecule has 0 atom stereocenters. The monoisotopic (exact) mass is 298 g/mol. The number of nitrogens with one attached hydrogen (secondary N) is 1. The maximum atomic E-state index is 12.4. The summed E-state index contributed by atoms with van der Waals surface area (Å²) in [5, 5.41) is 3.26. The molecule has 5 nitrogen and oxygen atoms in total. The van der Waals surface area contributed by atoms with Crippen LogP contribution < -0.4 is 14.8 Å². The number of likely N-dealkylation sites (tertiary alicyclic amines) is 1. The van der Waals surface area contributed by atoms with Crippen LogP contribution in [0.2, 0.25) is 0 Å². The second-order valence-electron chi connectivity index (χ2n) is 4.92. The molecule has 20 heavy (non-hydrogen) atoms. The average Bonchev–Trinajstić information content (AvgIpc) is 2.94. The molecule has 0 unspecified atom stereocenters. The van der Waals surface area contributed by atoms with Gasteiger partial charge in [-0.3, -0.25) is 4.79 Å². The number of piperidine rings is 1. The van der Waals surface area contributed by atoms with E-state index in [1.54, 1.807) is 18.2 Å². The quantitative estimate of drug-likeness (QED) is 0.902. The third-order valence-corrected chi connectivity index (χ3v) is 3.81. The normalized spacial score (nSPS) is 17.8. The summed E-state index contributed by atoms with van der Waals surface area (Å²) in [6.45, 7) is 1.85. The van der Waals surface area contributed by atoms with Crippen LogP contribution >= 0.6 is 12.4 Å². The molecule has 3 rings (SSSR count). The fourth-order valence-corrected chi connectivity index (χ4v) is 2.58. The van der Waals surface area contributed by atoms with E-state index in [1.165, 1.54) is 0 Å². The number of nitrogens with zero attached hydrogens (tertiary/aromatic N) is 1. The van der Waals surface area contributed by atoms with Crippen LogP contribution in [0, 0.1) is 0 Å². The van der Waals surface area contributed by atoms with Crippen molar-refractivity contribution in [1.82, 2.24) is 10.2 Å². The molecular formula is C14H19ClN2O3. The number of hydrogen-bond donors (Lipinski definition) is 1. The Labute approximate surface area is 124 Å². The zero-order valence-corrected chi connectivity index (χ0v) is 12.2. The highest BCUT2D eigenvalue weighted by molar-refractivity contribution is 5.95. The van der Waals surface area contributed by atoms with Crippen molar-refractivity contribution in [2.75, 3.05) is 26.9 Å². The first-order valence-corrected chi connectivity index (χ1v) is 6.64. The van der Waals surface area contributed by atoms with E-state index < -0.39 is 0 Å². The lowest BCUT2D eigenvalue weighted by Crippen LogP contribution is -2.43. The number of benzene rings is 1. The van der Waals surface area contributed by atoms with Gasteiger partial charge >= 0.3 is 0 Å². The molecule has 1 N–H and O–H groups in total. The van der Waals surface area contributed by atoms with Gasteiger partial charge in [0.25, 0.3) is 5.91 Å². The Morgan fingerprint density at radius 2 is 1.95 bits per heavy atom. The molecular weight excluding hydrogens is 280 g/mol. The first-order chi connectivity index (χ1) is 9.28. The van der Waals surface area contributed by atoms with Crippen LogP contribution in [0.25, 0.3) is 0 Å². The van der Waals surface area contributed by atoms with Gasteiger partial charge in [0.05, 0.1) is 0 Å². The summed E-state index contributed by atoms with van der Waals surface area (Å²) in [7, 11) is 1.97. The fourth-order valence-electron chi connectivity index (χ4n) is 2.58. The summed E-state index contributed by atoms with van der Waals surface area (Å²) >= 11 is 0. The van der Waals surface area contributed by atoms with E-state index in [4.69, 9.17) is 9.47 Å². The molecule has 1 fully saturated rings. The van der Waals surface area contributed by atoms with Crippen molar-refractivity contribution in [3.63, 3.8) is 0 Å². The first kappa shape index (κ1) is 14.9. The molecule has 0 bridgehead atoms. The number of carbonyl (C=O) groups excluding carboxylic acids is 1. The van der Waals surface area contributed by atoms with Crippen LogP contribution in [-0.2, 0) is 0 Å². The number of rotatable bonds is 2. The van der Waals surface area contributed by atoms with E-state index in [1.807, 2.05) is 11.9 Å². The van der Waals surface area contributed by atoms with Gasteiger partial charge in [-0.2, -0.15) is 0 Å². The lowest BCUT2D eigenvalue weighted by molar-refractivity contribution is 0.0707. The van der Waals surface area contributed by atoms with Crippen molar-refractivity contribution in [2.24, 2.45) is 0 Å². The highest BCUT2D eigenvalue weighted by Crippen LogP contribution is 2.33. The minimum atomic E-state index is 0. The van der Waals surface area contributed by atoms with Gasteiger partial charge in [-0.25, -0.2) is 0 Å². The summed E-state index contributed by atoms with van der Waals surface area (Å²) in [6.07, 6.45) is 2.01. The van der Waals surface area contributed by atoms with E-state index in [9.17, 15) is 4.79 Å². The van der Waals surface area contributed by atoms with Crippen molar-refractivity contribution >= 4 is 18.3 Å². The second kappa shape index (κ2) is 6.33. The third-order valence-electron chi connectivity index (χ3n) is 3.81. The average molecular weight is 299 g/mol. The Balaban J connectivity index is 0.00000147. The standard InChI is InChI=1S/C14H18N2O3.ClH/c1-15-11-4-6-16(7-5-11)14(17)10-2-3-12-13(8-10)19-9-18-12;/h2-3,8,11,15H,4-7,9H2,1H3;1H. The Morgan fingerprint density at radius 3 is 2.65 bits per heavy atom. The maximum absolute atomic E-state index is 12.4. The summed E-state index contributed by atoms with van der Waals surface area (Å²) < 4.78 is 10.6. The van der Waals surface area contributed by atoms with Gasteiger partial charge in [0, 0.05) is 24.7 Å². The Kier molecular flexibility index (Phi) is 4.73. The van der Waals surface area contributed by atoms with E-state index >= 15 is 0 Å². The highest BCUT2D eigenvalue weighted by Gasteiger charge is 2.24. The zero-order valence-electron chi connectivity index (χ0n) is 11.4. The number of amides is 1. The Hall–Kier alpha value is -1.46. The van der Waals surface area contributed by atoms with Gasteiger partial charge in [-0.15, -0.1) is 12.4 Å². The van der Waals surface area contributed by atoms with Crippen LogP contribution in [0.15, 0.2) is 18.2 Å². The minimum Gasteiger partial charge on any atom is -0.454 e. The van der Waals surface area contributed by atoms with E-state index in [-0.39, 0.29) is 25.1 Å². The van der Waals surface area contributed by atoms with Gasteiger partial charge in [0.15, 0.2) is 11.5 Å². The molecule has 1 aromatic carbocycles. The lowest BCUT2D eigenvalue weighted by Gasteiger charge is -2.31. The minimum absolute atomic E-state index is 0. The molecule has 2 heterocycles. The van der Waals surface area contributed by atoms with E-state index in [2.05, 4.69) is 5.32 Å². The Bertz CT molecular complexity index is 487. The molecule has 0 radical (unpaired) electrons. The summed E-state index contributed by atoms with van der Waals surface area (Å²) in [6, 6.07) is 5.91. The van der Waals surface area contributed by atoms with Crippen LogP contribution in [0.3, 0.4) is 0 Å². The van der Waals surface area contributed by atoms with Crippen molar-refractivity contribution < 1.29 is 14.3 Å². The fraction of sp³-hybridized carbons (Fsp3) is 0.500. The molecule has 0 spiro atoms. The summed E-state index contributed by atoms with van der Waals surface area (Å²) in [5.74, 6) is 1.45. The number of fused-ring (bicyclic) bond motifs is 1. The van der Waals surface area contributed by atoms with Gasteiger partial charge in [-0.05, 0) is 38.1 Å². The smallest absolute Gasteiger partial charge is 0.253 e. The summed E-state index contributed by atoms with van der Waals surface area (Å²) in [4.78, 5) is 14.3. The van der Waals surface area contributed by atoms with Crippen LogP contribution in [0.1, 0.15) is 23.2 Å². The zero-order chi connectivity index (χ0) is 13.2. The van der Waals surface area contributed by atoms with Gasteiger partial charge in [0.1, 0.15) is 0 Å². The molecule has 110 valence electrons. The number of hydrogen-bond acceptors (Lipinski definition) is 4. The van der Waals surface area contributed by atoms with Crippen LogP contribution in [-0.4, -0.2) is 43.8 Å². The summed E-state index contributed by atoms with van der Waals surface area (Å²) in [5.41, 5.74) is 0.673. The SMILES string of the molecule is CNC1CCN(C(=O)c2ccc3c(c2)OCO3)CC1.Cl. The molecule has 1 saturated heterocycles. The molecule has 2 aliphatic rings. The Morgan fingerprint density at radius 1 is 1.25 bits per heavy atom. The van der Waals surface area contributed by atoms with Crippen molar-refractivity contribution in [2.45, 2.75) is 18.9 Å². The maximum Gasteiger partial charge on any atom is 0.253 e. The van der Waals surface area contributed by atoms with Gasteiger partial charge < -0.3 is 19.7 Å². The third kappa shape index (κ3) is 2.83. The molecule has 1 aromatic rings. The predicted molar refractivity (Wildman–Crippen MR) is 77.8 cm³/mol. The van der Waals surface area contributed by atoms with E-state index in [0.717, 1.165) is 25.9 Å². The molecule has 0 saturated carbocycles. The number of ether oxygens (including phenoxy) is 2. The van der Waals surface area contributed by atoms with Gasteiger partial charge in [-0.1, -0.05) is 0 Å². The van der Waals surface area contributed by atoms with Crippen molar-refractivity contribution in [3.8, 4) is 11.5 Å². The number of halogens is 1. The highest BCUT2D eigenvalue weighted by atomic mass is 35.5. The van der Waals surface area contributed by atoms with Gasteiger partial charge in [0.2, 0.25) is 6.79 Å². The molecule has 0 aromatic heterocycles. The lowest BCUT2D eigenvalue weighted by atomic mass is 10.0. The number of carbonyl (C=O) groups is 1.